The van der Waals surface area contributed by atoms with E-state index in [-0.39, 0.29) is 23.8 Å². The first-order chi connectivity index (χ1) is 15.3. The first-order valence-electron chi connectivity index (χ1n) is 11.4. The van der Waals surface area contributed by atoms with Crippen molar-refractivity contribution in [3.63, 3.8) is 0 Å². The van der Waals surface area contributed by atoms with Crippen LogP contribution in [-0.2, 0) is 22.4 Å². The van der Waals surface area contributed by atoms with Gasteiger partial charge in [-0.1, -0.05) is 0 Å². The van der Waals surface area contributed by atoms with E-state index in [9.17, 15) is 9.59 Å². The maximum absolute atomic E-state index is 12.9. The summed E-state index contributed by atoms with van der Waals surface area (Å²) >= 11 is 0. The van der Waals surface area contributed by atoms with Gasteiger partial charge in [-0.3, -0.25) is 14.5 Å². The van der Waals surface area contributed by atoms with Gasteiger partial charge in [0.25, 0.3) is 5.88 Å². The summed E-state index contributed by atoms with van der Waals surface area (Å²) in [6.45, 7) is 7.15. The second kappa shape index (κ2) is 9.26. The molecule has 0 bridgehead atoms. The minimum atomic E-state index is 0.0206. The summed E-state index contributed by atoms with van der Waals surface area (Å²) in [4.78, 5) is 38.0. The summed E-state index contributed by atoms with van der Waals surface area (Å²) in [7, 11) is 1.77. The lowest BCUT2D eigenvalue weighted by molar-refractivity contribution is -0.132. The monoisotopic (exact) mass is 441 g/mol. The number of likely N-dealkylation sites (tertiary alicyclic amines) is 1. The summed E-state index contributed by atoms with van der Waals surface area (Å²) in [6, 6.07) is 1.74. The van der Waals surface area contributed by atoms with Crippen LogP contribution in [0, 0.1) is 6.92 Å². The van der Waals surface area contributed by atoms with E-state index in [1.54, 1.807) is 18.0 Å². The Kier molecular flexibility index (Phi) is 6.43. The predicted octanol–water partition coefficient (Wildman–Crippen LogP) is 2.81. The quantitative estimate of drug-likeness (QED) is 0.679. The number of hydrogen-bond acceptors (Lipinski definition) is 7. The Morgan fingerprint density at radius 2 is 2.12 bits per heavy atom. The molecule has 2 aromatic heterocycles. The standard InChI is InChI=1S/C23H31N5O4/c1-14(2)31-19-12-17(32-26-19)7-9-21(30)28-11-5-6-16(13-28)22-24-15(3)18-8-10-20(29)27(4)23(18)25-22/h12,14,16H,5-11,13H2,1-4H3/t16-/m0/s1. The van der Waals surface area contributed by atoms with Crippen molar-refractivity contribution in [1.82, 2.24) is 20.0 Å². The fraction of sp³-hybridized carbons (Fsp3) is 0.609. The maximum Gasteiger partial charge on any atom is 0.254 e. The number of ether oxygens (including phenoxy) is 1. The van der Waals surface area contributed by atoms with Gasteiger partial charge in [0, 0.05) is 62.6 Å². The molecule has 9 nitrogen and oxygen atoms in total. The molecule has 0 spiro atoms. The van der Waals surface area contributed by atoms with Crippen molar-refractivity contribution in [3.8, 4) is 5.88 Å². The van der Waals surface area contributed by atoms with Gasteiger partial charge in [-0.2, -0.15) is 0 Å². The number of carbonyl (C=O) groups is 2. The Bertz CT molecular complexity index is 1000. The molecule has 2 amide bonds. The SMILES string of the molecule is Cc1nc([C@H]2CCCN(C(=O)CCc3cc(OC(C)C)no3)C2)nc2c1CCC(=O)N2C. The summed E-state index contributed by atoms with van der Waals surface area (Å²) in [5, 5.41) is 3.89. The van der Waals surface area contributed by atoms with Crippen LogP contribution in [0.15, 0.2) is 10.6 Å². The zero-order valence-corrected chi connectivity index (χ0v) is 19.3. The summed E-state index contributed by atoms with van der Waals surface area (Å²) in [5.41, 5.74) is 1.98. The van der Waals surface area contributed by atoms with Crippen LogP contribution in [0.5, 0.6) is 5.88 Å². The number of piperidine rings is 1. The first-order valence-corrected chi connectivity index (χ1v) is 11.4. The molecule has 0 radical (unpaired) electrons. The Hall–Kier alpha value is -2.97. The van der Waals surface area contributed by atoms with E-state index in [0.717, 1.165) is 42.3 Å². The van der Waals surface area contributed by atoms with Gasteiger partial charge in [0.05, 0.1) is 6.10 Å². The number of fused-ring (bicyclic) bond motifs is 1. The van der Waals surface area contributed by atoms with Crippen molar-refractivity contribution in [2.24, 2.45) is 0 Å². The van der Waals surface area contributed by atoms with E-state index in [4.69, 9.17) is 19.2 Å². The molecule has 2 aliphatic heterocycles. The Labute approximate surface area is 188 Å². The maximum atomic E-state index is 12.9. The molecule has 4 heterocycles. The Morgan fingerprint density at radius 3 is 2.91 bits per heavy atom. The lowest BCUT2D eigenvalue weighted by atomic mass is 9.95. The van der Waals surface area contributed by atoms with Crippen LogP contribution in [0.25, 0.3) is 0 Å². The van der Waals surface area contributed by atoms with Gasteiger partial charge in [0.2, 0.25) is 11.8 Å². The normalized spacial score (nSPS) is 18.8. The summed E-state index contributed by atoms with van der Waals surface area (Å²) < 4.78 is 10.8. The first kappa shape index (κ1) is 22.2. The molecule has 172 valence electrons. The molecule has 0 unspecified atom stereocenters. The highest BCUT2D eigenvalue weighted by Crippen LogP contribution is 2.31. The fourth-order valence-electron chi connectivity index (χ4n) is 4.38. The van der Waals surface area contributed by atoms with Crippen molar-refractivity contribution >= 4 is 17.6 Å². The highest BCUT2D eigenvalue weighted by atomic mass is 16.5. The average molecular weight is 442 g/mol. The lowest BCUT2D eigenvalue weighted by Crippen LogP contribution is -2.40. The number of carbonyl (C=O) groups excluding carboxylic acids is 2. The van der Waals surface area contributed by atoms with E-state index in [0.29, 0.717) is 43.9 Å². The van der Waals surface area contributed by atoms with Gasteiger partial charge in [0.1, 0.15) is 17.4 Å². The van der Waals surface area contributed by atoms with Crippen LogP contribution in [0.3, 0.4) is 0 Å². The molecule has 1 fully saturated rings. The van der Waals surface area contributed by atoms with Crippen LogP contribution in [0.1, 0.15) is 68.3 Å². The zero-order valence-electron chi connectivity index (χ0n) is 19.3. The molecule has 32 heavy (non-hydrogen) atoms. The van der Waals surface area contributed by atoms with Crippen molar-refractivity contribution in [2.45, 2.75) is 71.3 Å². The molecule has 4 rings (SSSR count). The van der Waals surface area contributed by atoms with E-state index in [2.05, 4.69) is 5.16 Å². The average Bonchev–Trinajstić information content (AvgIpc) is 3.21. The van der Waals surface area contributed by atoms with E-state index in [1.807, 2.05) is 25.7 Å². The van der Waals surface area contributed by atoms with Crippen LogP contribution < -0.4 is 9.64 Å². The van der Waals surface area contributed by atoms with Crippen molar-refractivity contribution in [1.29, 1.82) is 0 Å². The number of rotatable bonds is 6. The van der Waals surface area contributed by atoms with Gasteiger partial charge in [0.15, 0.2) is 0 Å². The minimum absolute atomic E-state index is 0.0206. The largest absolute Gasteiger partial charge is 0.473 e. The fourth-order valence-corrected chi connectivity index (χ4v) is 4.38. The molecule has 2 aliphatic rings. The van der Waals surface area contributed by atoms with Crippen LogP contribution in [0.4, 0.5) is 5.82 Å². The third-order valence-corrected chi connectivity index (χ3v) is 6.11. The number of nitrogens with zero attached hydrogens (tertiary/aromatic N) is 5. The van der Waals surface area contributed by atoms with E-state index >= 15 is 0 Å². The van der Waals surface area contributed by atoms with Crippen molar-refractivity contribution < 1.29 is 18.8 Å². The molecule has 0 aromatic carbocycles. The van der Waals surface area contributed by atoms with Crippen LogP contribution >= 0.6 is 0 Å². The number of aryl methyl sites for hydroxylation is 2. The van der Waals surface area contributed by atoms with E-state index < -0.39 is 0 Å². The molecule has 1 saturated heterocycles. The second-order valence-corrected chi connectivity index (χ2v) is 8.90. The highest BCUT2D eigenvalue weighted by Gasteiger charge is 2.30. The number of hydrogen-bond donors (Lipinski definition) is 0. The summed E-state index contributed by atoms with van der Waals surface area (Å²) in [5.74, 6) is 2.77. The Morgan fingerprint density at radius 1 is 1.31 bits per heavy atom. The lowest BCUT2D eigenvalue weighted by Gasteiger charge is -2.33. The summed E-state index contributed by atoms with van der Waals surface area (Å²) in [6.07, 6.45) is 3.87. The smallest absolute Gasteiger partial charge is 0.254 e. The van der Waals surface area contributed by atoms with Gasteiger partial charge in [-0.05, 0) is 45.2 Å². The number of anilines is 1. The third kappa shape index (κ3) is 4.76. The van der Waals surface area contributed by atoms with Gasteiger partial charge in [-0.25, -0.2) is 9.97 Å². The predicted molar refractivity (Wildman–Crippen MR) is 118 cm³/mol. The van der Waals surface area contributed by atoms with Crippen LogP contribution in [0.2, 0.25) is 0 Å². The minimum Gasteiger partial charge on any atom is -0.473 e. The third-order valence-electron chi connectivity index (χ3n) is 6.11. The molecule has 0 aliphatic carbocycles. The molecule has 0 N–H and O–H groups in total. The highest BCUT2D eigenvalue weighted by molar-refractivity contribution is 5.94. The molecule has 2 aromatic rings. The molecule has 0 saturated carbocycles. The Balaban J connectivity index is 1.40. The number of aromatic nitrogens is 3. The van der Waals surface area contributed by atoms with Crippen molar-refractivity contribution in [3.05, 3.63) is 28.9 Å². The van der Waals surface area contributed by atoms with Gasteiger partial charge in [-0.15, -0.1) is 0 Å². The van der Waals surface area contributed by atoms with Gasteiger partial charge >= 0.3 is 0 Å². The topological polar surface area (TPSA) is 102 Å². The van der Waals surface area contributed by atoms with Crippen molar-refractivity contribution in [2.75, 3.05) is 25.0 Å². The molecular formula is C23H31N5O4. The molecular weight excluding hydrogens is 410 g/mol. The number of amides is 2. The van der Waals surface area contributed by atoms with Crippen LogP contribution in [-0.4, -0.2) is 58.1 Å². The second-order valence-electron chi connectivity index (χ2n) is 8.90. The van der Waals surface area contributed by atoms with Gasteiger partial charge < -0.3 is 14.2 Å². The molecule has 9 heteroatoms. The molecule has 1 atom stereocenters. The zero-order chi connectivity index (χ0) is 22.8. The van der Waals surface area contributed by atoms with E-state index in [1.165, 1.54) is 0 Å².